The van der Waals surface area contributed by atoms with Crippen LogP contribution in [0.5, 0.6) is 0 Å². The Hall–Kier alpha value is -2.38. The van der Waals surface area contributed by atoms with E-state index in [9.17, 15) is 0 Å². The number of anilines is 2. The van der Waals surface area contributed by atoms with Gasteiger partial charge < -0.3 is 10.3 Å². The van der Waals surface area contributed by atoms with Gasteiger partial charge in [0.2, 0.25) is 6.39 Å². The molecule has 5 nitrogen and oxygen atoms in total. The van der Waals surface area contributed by atoms with Gasteiger partial charge in [0.15, 0.2) is 10.9 Å². The lowest BCUT2D eigenvalue weighted by Gasteiger charge is -2.25. The Bertz CT molecular complexity index is 778. The van der Waals surface area contributed by atoms with Crippen LogP contribution in [0.2, 0.25) is 0 Å². The van der Waals surface area contributed by atoms with E-state index < -0.39 is 0 Å². The summed E-state index contributed by atoms with van der Waals surface area (Å²) in [6.07, 6.45) is 1.33. The van der Waals surface area contributed by atoms with E-state index in [0.717, 1.165) is 16.3 Å². The number of hydrogen-bond donors (Lipinski definition) is 1. The lowest BCUT2D eigenvalue weighted by molar-refractivity contribution is 0.412. The molecular weight excluding hydrogens is 328 g/mol. The Morgan fingerprint density at radius 2 is 1.87 bits per heavy atom. The van der Waals surface area contributed by atoms with Crippen LogP contribution in [-0.2, 0) is 5.75 Å². The second kappa shape index (κ2) is 7.26. The van der Waals surface area contributed by atoms with Crippen LogP contribution in [0.15, 0.2) is 70.4 Å². The standard InChI is InChI=1S/C16H14N4OS2/c17-16(22)20(12-6-2-1-3-7-12)13-8-4-5-9-14(13)23-10-15-18-11-21-19-15/h1-9,11H,10H2,(H2,17,22). The van der Waals surface area contributed by atoms with Crippen LogP contribution in [0.1, 0.15) is 5.82 Å². The van der Waals surface area contributed by atoms with E-state index in [1.54, 1.807) is 11.8 Å². The van der Waals surface area contributed by atoms with E-state index >= 15 is 0 Å². The summed E-state index contributed by atoms with van der Waals surface area (Å²) in [4.78, 5) is 6.93. The summed E-state index contributed by atoms with van der Waals surface area (Å²) >= 11 is 6.86. The molecule has 0 unspecified atom stereocenters. The van der Waals surface area contributed by atoms with E-state index in [1.165, 1.54) is 6.39 Å². The molecule has 0 fully saturated rings. The molecule has 0 saturated carbocycles. The highest BCUT2D eigenvalue weighted by Gasteiger charge is 2.16. The van der Waals surface area contributed by atoms with E-state index in [1.807, 2.05) is 59.5 Å². The van der Waals surface area contributed by atoms with Crippen LogP contribution in [-0.4, -0.2) is 15.3 Å². The summed E-state index contributed by atoms with van der Waals surface area (Å²) in [5.41, 5.74) is 7.82. The molecule has 3 rings (SSSR count). The summed E-state index contributed by atoms with van der Waals surface area (Å²) in [6, 6.07) is 17.8. The second-order valence-electron chi connectivity index (χ2n) is 4.61. The number of aromatic nitrogens is 2. The van der Waals surface area contributed by atoms with Gasteiger partial charge in [0.05, 0.1) is 11.4 Å². The minimum absolute atomic E-state index is 0.295. The Kier molecular flexibility index (Phi) is 4.89. The Morgan fingerprint density at radius 1 is 1.13 bits per heavy atom. The molecule has 2 N–H and O–H groups in total. The van der Waals surface area contributed by atoms with Crippen LogP contribution in [0.3, 0.4) is 0 Å². The average Bonchev–Trinajstić information content (AvgIpc) is 3.08. The molecule has 0 aliphatic rings. The third kappa shape index (κ3) is 3.69. The minimum atomic E-state index is 0.295. The van der Waals surface area contributed by atoms with Crippen molar-refractivity contribution in [2.75, 3.05) is 4.90 Å². The molecule has 0 bridgehead atoms. The highest BCUT2D eigenvalue weighted by atomic mass is 32.2. The van der Waals surface area contributed by atoms with Crippen LogP contribution >= 0.6 is 24.0 Å². The third-order valence-corrected chi connectivity index (χ3v) is 4.35. The predicted molar refractivity (Wildman–Crippen MR) is 95.7 cm³/mol. The van der Waals surface area contributed by atoms with Gasteiger partial charge in [-0.2, -0.15) is 4.98 Å². The molecular formula is C16H14N4OS2. The zero-order valence-electron chi connectivity index (χ0n) is 12.1. The summed E-state index contributed by atoms with van der Waals surface area (Å²) < 4.78 is 4.76. The van der Waals surface area contributed by atoms with E-state index in [4.69, 9.17) is 22.5 Å². The number of thiocarbonyl (C=S) groups is 1. The van der Waals surface area contributed by atoms with E-state index in [2.05, 4.69) is 10.1 Å². The van der Waals surface area contributed by atoms with Crippen molar-refractivity contribution < 1.29 is 4.52 Å². The molecule has 7 heteroatoms. The topological polar surface area (TPSA) is 68.2 Å². The van der Waals surface area contributed by atoms with Gasteiger partial charge in [-0.3, -0.25) is 4.90 Å². The summed E-state index contributed by atoms with van der Waals surface area (Å²) in [5.74, 6) is 1.25. The van der Waals surface area contributed by atoms with Gasteiger partial charge in [0, 0.05) is 10.6 Å². The molecule has 2 aromatic carbocycles. The fraction of sp³-hybridized carbons (Fsp3) is 0.0625. The van der Waals surface area contributed by atoms with Gasteiger partial charge in [0.25, 0.3) is 0 Å². The molecule has 0 aliphatic heterocycles. The van der Waals surface area contributed by atoms with Crippen LogP contribution in [0.25, 0.3) is 0 Å². The van der Waals surface area contributed by atoms with Crippen molar-refractivity contribution in [3.05, 3.63) is 66.8 Å². The lowest BCUT2D eigenvalue weighted by Crippen LogP contribution is -2.31. The van der Waals surface area contributed by atoms with E-state index in [0.29, 0.717) is 16.7 Å². The molecule has 0 atom stereocenters. The summed E-state index contributed by atoms with van der Waals surface area (Å²) in [7, 11) is 0. The molecule has 0 radical (unpaired) electrons. The predicted octanol–water partition coefficient (Wildman–Crippen LogP) is 3.74. The number of rotatable bonds is 5. The van der Waals surface area contributed by atoms with Crippen molar-refractivity contribution in [3.63, 3.8) is 0 Å². The zero-order chi connectivity index (χ0) is 16.1. The van der Waals surface area contributed by atoms with Gasteiger partial charge in [-0.1, -0.05) is 35.5 Å². The first-order chi connectivity index (χ1) is 11.3. The Morgan fingerprint density at radius 3 is 2.57 bits per heavy atom. The van der Waals surface area contributed by atoms with Gasteiger partial charge in [0.1, 0.15) is 0 Å². The maximum atomic E-state index is 5.97. The number of hydrogen-bond acceptors (Lipinski definition) is 5. The largest absolute Gasteiger partial charge is 0.376 e. The van der Waals surface area contributed by atoms with Gasteiger partial charge in [-0.15, -0.1) is 11.8 Å². The van der Waals surface area contributed by atoms with Crippen molar-refractivity contribution in [3.8, 4) is 0 Å². The van der Waals surface area contributed by atoms with Gasteiger partial charge in [-0.25, -0.2) is 0 Å². The SMILES string of the molecule is NC(=S)N(c1ccccc1)c1ccccc1SCc1ncon1. The van der Waals surface area contributed by atoms with Crippen molar-refractivity contribution in [1.82, 2.24) is 10.1 Å². The maximum Gasteiger partial charge on any atom is 0.213 e. The van der Waals surface area contributed by atoms with Crippen molar-refractivity contribution in [2.45, 2.75) is 10.6 Å². The number of nitrogens with zero attached hydrogens (tertiary/aromatic N) is 3. The summed E-state index contributed by atoms with van der Waals surface area (Å²) in [5, 5.41) is 4.12. The lowest BCUT2D eigenvalue weighted by atomic mass is 10.2. The quantitative estimate of drug-likeness (QED) is 0.559. The number of thioether (sulfide) groups is 1. The van der Waals surface area contributed by atoms with Crippen LogP contribution in [0, 0.1) is 0 Å². The molecule has 0 spiro atoms. The Balaban J connectivity index is 1.92. The van der Waals surface area contributed by atoms with Crippen LogP contribution in [0.4, 0.5) is 11.4 Å². The molecule has 0 amide bonds. The first kappa shape index (κ1) is 15.5. The molecule has 0 saturated heterocycles. The monoisotopic (exact) mass is 342 g/mol. The molecule has 23 heavy (non-hydrogen) atoms. The van der Waals surface area contributed by atoms with Gasteiger partial charge in [-0.05, 0) is 36.5 Å². The van der Waals surface area contributed by atoms with Crippen molar-refractivity contribution >= 4 is 40.5 Å². The first-order valence-electron chi connectivity index (χ1n) is 6.87. The third-order valence-electron chi connectivity index (χ3n) is 3.10. The number of benzene rings is 2. The maximum absolute atomic E-state index is 5.97. The smallest absolute Gasteiger partial charge is 0.213 e. The molecule has 3 aromatic rings. The number of nitrogens with two attached hydrogens (primary N) is 1. The van der Waals surface area contributed by atoms with E-state index in [-0.39, 0.29) is 0 Å². The normalized spacial score (nSPS) is 10.4. The van der Waals surface area contributed by atoms with Crippen molar-refractivity contribution in [1.29, 1.82) is 0 Å². The first-order valence-corrected chi connectivity index (χ1v) is 8.27. The molecule has 1 aromatic heterocycles. The van der Waals surface area contributed by atoms with Gasteiger partial charge >= 0.3 is 0 Å². The number of para-hydroxylation sites is 2. The fourth-order valence-electron chi connectivity index (χ4n) is 2.12. The highest BCUT2D eigenvalue weighted by Crippen LogP contribution is 2.35. The zero-order valence-corrected chi connectivity index (χ0v) is 13.8. The highest BCUT2D eigenvalue weighted by molar-refractivity contribution is 7.98. The second-order valence-corrected chi connectivity index (χ2v) is 6.05. The van der Waals surface area contributed by atoms with Crippen LogP contribution < -0.4 is 10.6 Å². The minimum Gasteiger partial charge on any atom is -0.376 e. The average molecular weight is 342 g/mol. The molecule has 0 aliphatic carbocycles. The molecule has 116 valence electrons. The Labute approximate surface area is 143 Å². The fourth-order valence-corrected chi connectivity index (χ4v) is 3.22. The molecule has 1 heterocycles. The summed E-state index contributed by atoms with van der Waals surface area (Å²) in [6.45, 7) is 0. The van der Waals surface area contributed by atoms with Crippen molar-refractivity contribution in [2.24, 2.45) is 5.73 Å².